The van der Waals surface area contributed by atoms with Gasteiger partial charge < -0.3 is 10.1 Å². The van der Waals surface area contributed by atoms with Crippen LogP contribution >= 0.6 is 22.6 Å². The summed E-state index contributed by atoms with van der Waals surface area (Å²) in [5.74, 6) is 1.60. The van der Waals surface area contributed by atoms with E-state index in [1.165, 1.54) is 0 Å². The molecule has 96 valence electrons. The number of nitrogens with one attached hydrogen (secondary N) is 1. The molecule has 0 aromatic carbocycles. The third-order valence-electron chi connectivity index (χ3n) is 2.53. The third-order valence-corrected chi connectivity index (χ3v) is 3.82. The standard InChI is InChI=1S/C12H20IN3O/c1-7-8(13)10(14-5)16-11(15-7)9(17-6)12(2,3)4/h9H,1-6H3,(H,14,15,16). The van der Waals surface area contributed by atoms with Crippen LogP contribution in [-0.4, -0.2) is 24.1 Å². The molecule has 1 rings (SSSR count). The topological polar surface area (TPSA) is 47.0 Å². The van der Waals surface area contributed by atoms with Gasteiger partial charge in [-0.05, 0) is 34.9 Å². The molecule has 0 aliphatic heterocycles. The number of methoxy groups -OCH3 is 1. The zero-order valence-electron chi connectivity index (χ0n) is 11.3. The molecule has 1 N–H and O–H groups in total. The minimum Gasteiger partial charge on any atom is -0.373 e. The highest BCUT2D eigenvalue weighted by Gasteiger charge is 2.29. The van der Waals surface area contributed by atoms with Crippen LogP contribution in [0.5, 0.6) is 0 Å². The van der Waals surface area contributed by atoms with Gasteiger partial charge in [-0.15, -0.1) is 0 Å². The smallest absolute Gasteiger partial charge is 0.160 e. The van der Waals surface area contributed by atoms with Crippen LogP contribution in [-0.2, 0) is 4.74 Å². The Hall–Kier alpha value is -0.430. The van der Waals surface area contributed by atoms with Gasteiger partial charge in [0, 0.05) is 14.2 Å². The second kappa shape index (κ2) is 5.48. The van der Waals surface area contributed by atoms with Crippen LogP contribution in [0, 0.1) is 15.9 Å². The molecule has 5 heteroatoms. The number of rotatable bonds is 3. The highest BCUT2D eigenvalue weighted by atomic mass is 127. The number of anilines is 1. The molecule has 0 aliphatic rings. The van der Waals surface area contributed by atoms with E-state index in [0.717, 1.165) is 20.9 Å². The van der Waals surface area contributed by atoms with Crippen molar-refractivity contribution >= 4 is 28.4 Å². The summed E-state index contributed by atoms with van der Waals surface area (Å²) < 4.78 is 6.59. The normalized spacial score (nSPS) is 13.6. The average molecular weight is 349 g/mol. The van der Waals surface area contributed by atoms with Gasteiger partial charge in [-0.3, -0.25) is 0 Å². The van der Waals surface area contributed by atoms with Crippen molar-refractivity contribution in [2.75, 3.05) is 19.5 Å². The number of halogens is 1. The van der Waals surface area contributed by atoms with Crippen LogP contribution in [0.1, 0.15) is 38.4 Å². The van der Waals surface area contributed by atoms with Gasteiger partial charge in [-0.25, -0.2) is 9.97 Å². The fourth-order valence-electron chi connectivity index (χ4n) is 1.71. The minimum absolute atomic E-state index is 0.0288. The van der Waals surface area contributed by atoms with E-state index in [9.17, 15) is 0 Å². The maximum Gasteiger partial charge on any atom is 0.160 e. The molecular weight excluding hydrogens is 329 g/mol. The molecule has 1 heterocycles. The van der Waals surface area contributed by atoms with Crippen molar-refractivity contribution in [1.82, 2.24) is 9.97 Å². The number of ether oxygens (including phenoxy) is 1. The Balaban J connectivity index is 3.26. The predicted molar refractivity (Wildman–Crippen MR) is 78.2 cm³/mol. The number of nitrogens with zero attached hydrogens (tertiary/aromatic N) is 2. The van der Waals surface area contributed by atoms with E-state index >= 15 is 0 Å². The zero-order chi connectivity index (χ0) is 13.2. The summed E-state index contributed by atoms with van der Waals surface area (Å²) in [5, 5.41) is 3.09. The lowest BCUT2D eigenvalue weighted by molar-refractivity contribution is 0.00862. The van der Waals surface area contributed by atoms with Crippen molar-refractivity contribution in [2.24, 2.45) is 5.41 Å². The minimum atomic E-state index is -0.106. The van der Waals surface area contributed by atoms with Crippen molar-refractivity contribution in [3.63, 3.8) is 0 Å². The van der Waals surface area contributed by atoms with Crippen LogP contribution < -0.4 is 5.32 Å². The molecule has 1 aromatic heterocycles. The van der Waals surface area contributed by atoms with Gasteiger partial charge in [-0.1, -0.05) is 20.8 Å². The lowest BCUT2D eigenvalue weighted by Crippen LogP contribution is -2.23. The van der Waals surface area contributed by atoms with Crippen LogP contribution in [0.2, 0.25) is 0 Å². The first-order valence-electron chi connectivity index (χ1n) is 5.55. The summed E-state index contributed by atoms with van der Waals surface area (Å²) in [6, 6.07) is 0. The van der Waals surface area contributed by atoms with Crippen molar-refractivity contribution in [1.29, 1.82) is 0 Å². The first-order chi connectivity index (χ1) is 7.81. The van der Waals surface area contributed by atoms with Crippen molar-refractivity contribution in [3.05, 3.63) is 15.1 Å². The van der Waals surface area contributed by atoms with Gasteiger partial charge in [0.05, 0.1) is 9.26 Å². The van der Waals surface area contributed by atoms with Crippen LogP contribution in [0.4, 0.5) is 5.82 Å². The number of hydrogen-bond donors (Lipinski definition) is 1. The third kappa shape index (κ3) is 3.28. The molecule has 1 aromatic rings. The van der Waals surface area contributed by atoms with Gasteiger partial charge in [0.25, 0.3) is 0 Å². The summed E-state index contributed by atoms with van der Waals surface area (Å²) >= 11 is 2.25. The first-order valence-corrected chi connectivity index (χ1v) is 6.63. The van der Waals surface area contributed by atoms with Gasteiger partial charge in [0.2, 0.25) is 0 Å². The lowest BCUT2D eigenvalue weighted by atomic mass is 9.88. The van der Waals surface area contributed by atoms with E-state index in [0.29, 0.717) is 0 Å². The largest absolute Gasteiger partial charge is 0.373 e. The van der Waals surface area contributed by atoms with Crippen molar-refractivity contribution in [2.45, 2.75) is 33.8 Å². The molecule has 0 amide bonds. The number of aromatic nitrogens is 2. The maximum atomic E-state index is 5.54. The quantitative estimate of drug-likeness (QED) is 0.852. The Kier molecular flexibility index (Phi) is 4.71. The molecule has 17 heavy (non-hydrogen) atoms. The van der Waals surface area contributed by atoms with Gasteiger partial charge in [0.1, 0.15) is 11.9 Å². The highest BCUT2D eigenvalue weighted by molar-refractivity contribution is 14.1. The van der Waals surface area contributed by atoms with E-state index in [1.807, 2.05) is 14.0 Å². The monoisotopic (exact) mass is 349 g/mol. The molecule has 0 spiro atoms. The average Bonchev–Trinajstić information content (AvgIpc) is 2.21. The number of hydrogen-bond acceptors (Lipinski definition) is 4. The Bertz CT molecular complexity index is 401. The molecule has 1 atom stereocenters. The summed E-state index contributed by atoms with van der Waals surface area (Å²) in [5.41, 5.74) is 0.949. The number of aryl methyl sites for hydroxylation is 1. The van der Waals surface area contributed by atoms with E-state index < -0.39 is 0 Å². The Morgan fingerprint density at radius 1 is 1.29 bits per heavy atom. The molecule has 4 nitrogen and oxygen atoms in total. The summed E-state index contributed by atoms with van der Waals surface area (Å²) in [7, 11) is 3.57. The molecule has 0 radical (unpaired) electrons. The molecular formula is C12H20IN3O. The SMILES string of the molecule is CNc1nc(C(OC)C(C)(C)C)nc(C)c1I. The van der Waals surface area contributed by atoms with E-state index in [4.69, 9.17) is 4.74 Å². The van der Waals surface area contributed by atoms with E-state index in [2.05, 4.69) is 58.6 Å². The Morgan fingerprint density at radius 2 is 1.88 bits per heavy atom. The summed E-state index contributed by atoms with van der Waals surface area (Å²) in [6.07, 6.45) is -0.106. The second-order valence-electron chi connectivity index (χ2n) is 5.06. The van der Waals surface area contributed by atoms with Gasteiger partial charge >= 0.3 is 0 Å². The van der Waals surface area contributed by atoms with Crippen molar-refractivity contribution in [3.8, 4) is 0 Å². The van der Waals surface area contributed by atoms with Gasteiger partial charge in [-0.2, -0.15) is 0 Å². The fraction of sp³-hybridized carbons (Fsp3) is 0.667. The second-order valence-corrected chi connectivity index (χ2v) is 6.14. The molecule has 0 fully saturated rings. The molecule has 0 saturated carbocycles. The Labute approximate surface area is 117 Å². The molecule has 1 unspecified atom stereocenters. The van der Waals surface area contributed by atoms with E-state index in [-0.39, 0.29) is 11.5 Å². The predicted octanol–water partition coefficient (Wildman–Crippen LogP) is 3.16. The van der Waals surface area contributed by atoms with Gasteiger partial charge in [0.15, 0.2) is 5.82 Å². The van der Waals surface area contributed by atoms with Crippen LogP contribution in [0.3, 0.4) is 0 Å². The fourth-order valence-corrected chi connectivity index (χ4v) is 2.22. The molecule has 0 saturated heterocycles. The Morgan fingerprint density at radius 3 is 2.29 bits per heavy atom. The summed E-state index contributed by atoms with van der Waals surface area (Å²) in [6.45, 7) is 8.35. The molecule has 0 aliphatic carbocycles. The lowest BCUT2D eigenvalue weighted by Gasteiger charge is -2.28. The van der Waals surface area contributed by atoms with E-state index in [1.54, 1.807) is 7.11 Å². The highest BCUT2D eigenvalue weighted by Crippen LogP contribution is 2.34. The van der Waals surface area contributed by atoms with Crippen LogP contribution in [0.15, 0.2) is 0 Å². The van der Waals surface area contributed by atoms with Crippen molar-refractivity contribution < 1.29 is 4.74 Å². The molecule has 0 bridgehead atoms. The van der Waals surface area contributed by atoms with Crippen LogP contribution in [0.25, 0.3) is 0 Å². The maximum absolute atomic E-state index is 5.54. The first kappa shape index (κ1) is 14.6. The summed E-state index contributed by atoms with van der Waals surface area (Å²) in [4.78, 5) is 9.07. The zero-order valence-corrected chi connectivity index (χ0v) is 13.4.